The van der Waals surface area contributed by atoms with Gasteiger partial charge in [0.1, 0.15) is 11.2 Å². The van der Waals surface area contributed by atoms with E-state index in [1.807, 2.05) is 61.5 Å². The standard InChI is InChI=1S/C31H28N6O/c1-20-8-6-7-11-26(20)37-29(38)24-17-32-30(34-28(24)27(35-37)21-9-4-3-5-10-21)33-23-12-13-25-22(16-23)18-36(2)19-31(25)14-15-31/h3-13,16-17H,14-15,18-19H2,1-2H3,(H,32,33,34). The molecule has 2 aliphatic rings. The highest BCUT2D eigenvalue weighted by atomic mass is 16.1. The van der Waals surface area contributed by atoms with Crippen LogP contribution in [0.1, 0.15) is 29.5 Å². The van der Waals surface area contributed by atoms with Gasteiger partial charge in [-0.3, -0.25) is 4.79 Å². The maximum atomic E-state index is 13.6. The van der Waals surface area contributed by atoms with Crippen molar-refractivity contribution >= 4 is 22.5 Å². The Bertz CT molecular complexity index is 1760. The molecule has 38 heavy (non-hydrogen) atoms. The highest BCUT2D eigenvalue weighted by Gasteiger charge is 2.48. The Kier molecular flexibility index (Phi) is 5.16. The molecule has 7 rings (SSSR count). The Balaban J connectivity index is 1.34. The van der Waals surface area contributed by atoms with Crippen LogP contribution in [0, 0.1) is 6.92 Å². The van der Waals surface area contributed by atoms with Crippen molar-refractivity contribution in [2.75, 3.05) is 18.9 Å². The van der Waals surface area contributed by atoms with Crippen LogP contribution in [0.3, 0.4) is 0 Å². The summed E-state index contributed by atoms with van der Waals surface area (Å²) >= 11 is 0. The average Bonchev–Trinajstić information content (AvgIpc) is 3.69. The lowest BCUT2D eigenvalue weighted by molar-refractivity contribution is 0.271. The lowest BCUT2D eigenvalue weighted by Gasteiger charge is -2.32. The minimum Gasteiger partial charge on any atom is -0.324 e. The fourth-order valence-electron chi connectivity index (χ4n) is 5.82. The third-order valence-electron chi connectivity index (χ3n) is 7.83. The zero-order valence-corrected chi connectivity index (χ0v) is 21.5. The number of nitrogens with zero attached hydrogens (tertiary/aromatic N) is 5. The first-order chi connectivity index (χ1) is 18.5. The summed E-state index contributed by atoms with van der Waals surface area (Å²) in [7, 11) is 2.19. The predicted octanol–water partition coefficient (Wildman–Crippen LogP) is 5.37. The molecule has 5 aromatic rings. The number of fused-ring (bicyclic) bond motifs is 3. The highest BCUT2D eigenvalue weighted by molar-refractivity contribution is 5.91. The summed E-state index contributed by atoms with van der Waals surface area (Å²) in [5, 5.41) is 8.63. The zero-order valence-electron chi connectivity index (χ0n) is 21.5. The second-order valence-electron chi connectivity index (χ2n) is 10.6. The van der Waals surface area contributed by atoms with Gasteiger partial charge in [0.2, 0.25) is 5.95 Å². The SMILES string of the molecule is Cc1ccccc1-n1nc(-c2ccccc2)c2nc(Nc3ccc4c(c3)CN(C)CC43CC3)ncc2c1=O. The van der Waals surface area contributed by atoms with Crippen molar-refractivity contribution in [1.82, 2.24) is 24.6 Å². The van der Waals surface area contributed by atoms with Gasteiger partial charge in [0, 0.05) is 36.0 Å². The molecule has 0 radical (unpaired) electrons. The third-order valence-corrected chi connectivity index (χ3v) is 7.83. The molecule has 0 unspecified atom stereocenters. The Labute approximate surface area is 220 Å². The van der Waals surface area contributed by atoms with Crippen LogP contribution in [0.4, 0.5) is 11.6 Å². The number of benzene rings is 3. The van der Waals surface area contributed by atoms with Crippen molar-refractivity contribution in [1.29, 1.82) is 0 Å². The molecule has 2 aromatic heterocycles. The summed E-state index contributed by atoms with van der Waals surface area (Å²) in [6, 6.07) is 24.2. The number of aromatic nitrogens is 4. The molecule has 0 saturated heterocycles. The van der Waals surface area contributed by atoms with Crippen LogP contribution in [0.25, 0.3) is 27.8 Å². The van der Waals surface area contributed by atoms with Crippen LogP contribution in [0.2, 0.25) is 0 Å². The molecule has 3 aromatic carbocycles. The topological polar surface area (TPSA) is 75.9 Å². The van der Waals surface area contributed by atoms with Gasteiger partial charge in [-0.2, -0.15) is 9.78 Å². The largest absolute Gasteiger partial charge is 0.324 e. The van der Waals surface area contributed by atoms with Crippen LogP contribution < -0.4 is 10.9 Å². The maximum Gasteiger partial charge on any atom is 0.282 e. The summed E-state index contributed by atoms with van der Waals surface area (Å²) in [6.07, 6.45) is 4.14. The fourth-order valence-corrected chi connectivity index (χ4v) is 5.82. The van der Waals surface area contributed by atoms with E-state index in [0.29, 0.717) is 28.0 Å². The van der Waals surface area contributed by atoms with E-state index in [1.54, 1.807) is 6.20 Å². The molecule has 7 heteroatoms. The van der Waals surface area contributed by atoms with E-state index in [0.717, 1.165) is 35.6 Å². The van der Waals surface area contributed by atoms with Crippen LogP contribution in [0.15, 0.2) is 83.8 Å². The number of likely N-dealkylation sites (N-methyl/N-ethyl adjacent to an activating group) is 1. The molecule has 1 aliphatic heterocycles. The minimum absolute atomic E-state index is 0.243. The predicted molar refractivity (Wildman–Crippen MR) is 150 cm³/mol. The Hall–Kier alpha value is -4.36. The summed E-state index contributed by atoms with van der Waals surface area (Å²) in [6.45, 7) is 4.04. The van der Waals surface area contributed by atoms with Crippen LogP contribution in [-0.2, 0) is 12.0 Å². The first kappa shape index (κ1) is 22.8. The van der Waals surface area contributed by atoms with E-state index < -0.39 is 0 Å². The minimum atomic E-state index is -0.243. The molecule has 3 heterocycles. The second-order valence-corrected chi connectivity index (χ2v) is 10.6. The normalized spacial score (nSPS) is 15.9. The number of anilines is 2. The highest BCUT2D eigenvalue weighted by Crippen LogP contribution is 2.52. The Morgan fingerprint density at radius 2 is 1.76 bits per heavy atom. The number of nitrogens with one attached hydrogen (secondary N) is 1. The number of para-hydroxylation sites is 1. The molecule has 0 atom stereocenters. The van der Waals surface area contributed by atoms with Gasteiger partial charge in [0.25, 0.3) is 5.56 Å². The molecule has 1 saturated carbocycles. The molecule has 1 fully saturated rings. The van der Waals surface area contributed by atoms with Gasteiger partial charge in [-0.25, -0.2) is 9.97 Å². The lowest BCUT2D eigenvalue weighted by Crippen LogP contribution is -2.35. The fraction of sp³-hybridized carbons (Fsp3) is 0.226. The molecule has 188 valence electrons. The van der Waals surface area contributed by atoms with Gasteiger partial charge >= 0.3 is 0 Å². The number of rotatable bonds is 4. The number of hydrogen-bond donors (Lipinski definition) is 1. The molecule has 1 spiro atoms. The van der Waals surface area contributed by atoms with E-state index in [1.165, 1.54) is 28.7 Å². The van der Waals surface area contributed by atoms with Crippen LogP contribution in [-0.4, -0.2) is 38.2 Å². The van der Waals surface area contributed by atoms with Gasteiger partial charge in [-0.05, 0) is 61.7 Å². The first-order valence-electron chi connectivity index (χ1n) is 13.0. The van der Waals surface area contributed by atoms with Crippen LogP contribution >= 0.6 is 0 Å². The van der Waals surface area contributed by atoms with Gasteiger partial charge in [-0.1, -0.05) is 54.6 Å². The molecule has 7 nitrogen and oxygen atoms in total. The zero-order chi connectivity index (χ0) is 25.9. The van der Waals surface area contributed by atoms with Crippen molar-refractivity contribution in [3.05, 3.63) is 106 Å². The van der Waals surface area contributed by atoms with Crippen molar-refractivity contribution in [3.63, 3.8) is 0 Å². The van der Waals surface area contributed by atoms with E-state index in [2.05, 4.69) is 40.4 Å². The number of aryl methyl sites for hydroxylation is 1. The maximum absolute atomic E-state index is 13.6. The molecule has 0 amide bonds. The van der Waals surface area contributed by atoms with Gasteiger partial charge in [0.15, 0.2) is 0 Å². The van der Waals surface area contributed by atoms with Crippen molar-refractivity contribution in [2.45, 2.75) is 31.7 Å². The van der Waals surface area contributed by atoms with Gasteiger partial charge < -0.3 is 10.2 Å². The lowest BCUT2D eigenvalue weighted by atomic mass is 9.87. The molecular weight excluding hydrogens is 472 g/mol. The Morgan fingerprint density at radius 1 is 0.974 bits per heavy atom. The van der Waals surface area contributed by atoms with E-state index in [9.17, 15) is 4.79 Å². The summed E-state index contributed by atoms with van der Waals surface area (Å²) in [5.41, 5.74) is 7.63. The van der Waals surface area contributed by atoms with Crippen molar-refractivity contribution in [3.8, 4) is 16.9 Å². The molecular formula is C31H28N6O. The summed E-state index contributed by atoms with van der Waals surface area (Å²) < 4.78 is 1.46. The van der Waals surface area contributed by atoms with Gasteiger partial charge in [-0.15, -0.1) is 0 Å². The number of hydrogen-bond acceptors (Lipinski definition) is 6. The quantitative estimate of drug-likeness (QED) is 0.358. The average molecular weight is 501 g/mol. The third kappa shape index (κ3) is 3.78. The molecule has 0 bridgehead atoms. The monoisotopic (exact) mass is 500 g/mol. The molecule has 1 aliphatic carbocycles. The van der Waals surface area contributed by atoms with Gasteiger partial charge in [0.05, 0.1) is 11.1 Å². The van der Waals surface area contributed by atoms with Crippen molar-refractivity contribution in [2.24, 2.45) is 0 Å². The Morgan fingerprint density at radius 3 is 2.55 bits per heavy atom. The summed E-state index contributed by atoms with van der Waals surface area (Å²) in [4.78, 5) is 25.4. The first-order valence-corrected chi connectivity index (χ1v) is 13.0. The smallest absolute Gasteiger partial charge is 0.282 e. The van der Waals surface area contributed by atoms with E-state index in [-0.39, 0.29) is 5.56 Å². The second kappa shape index (κ2) is 8.60. The van der Waals surface area contributed by atoms with E-state index >= 15 is 0 Å². The van der Waals surface area contributed by atoms with Crippen molar-refractivity contribution < 1.29 is 0 Å². The van der Waals surface area contributed by atoms with Crippen LogP contribution in [0.5, 0.6) is 0 Å². The van der Waals surface area contributed by atoms with E-state index in [4.69, 9.17) is 10.1 Å². The molecule has 1 N–H and O–H groups in total. The summed E-state index contributed by atoms with van der Waals surface area (Å²) in [5.74, 6) is 0.440.